The van der Waals surface area contributed by atoms with E-state index in [1.165, 1.54) is 0 Å². The summed E-state index contributed by atoms with van der Waals surface area (Å²) in [6, 6.07) is 3.95. The van der Waals surface area contributed by atoms with Crippen LogP contribution < -0.4 is 14.8 Å². The summed E-state index contributed by atoms with van der Waals surface area (Å²) in [6.07, 6.45) is 0. The predicted octanol–water partition coefficient (Wildman–Crippen LogP) is 3.02. The Labute approximate surface area is 108 Å². The zero-order valence-corrected chi connectivity index (χ0v) is 10.9. The molecular formula is C11H11BrClNO2. The maximum atomic E-state index is 5.66. The average molecular weight is 305 g/mol. The average Bonchev–Trinajstić information content (AvgIpc) is 2.65. The van der Waals surface area contributed by atoms with Crippen molar-refractivity contribution < 1.29 is 9.47 Å². The van der Waals surface area contributed by atoms with Gasteiger partial charge in [0.25, 0.3) is 0 Å². The van der Waals surface area contributed by atoms with E-state index < -0.39 is 0 Å². The minimum absolute atomic E-state index is 0.281. The van der Waals surface area contributed by atoms with Gasteiger partial charge in [-0.25, -0.2) is 0 Å². The highest BCUT2D eigenvalue weighted by molar-refractivity contribution is 9.10. The molecule has 0 fully saturated rings. The molecule has 86 valence electrons. The fraction of sp³-hybridized carbons (Fsp3) is 0.273. The third-order valence-corrected chi connectivity index (χ3v) is 2.86. The summed E-state index contributed by atoms with van der Waals surface area (Å²) in [6.45, 7) is 5.19. The first kappa shape index (κ1) is 11.8. The van der Waals surface area contributed by atoms with E-state index in [-0.39, 0.29) is 6.79 Å². The summed E-state index contributed by atoms with van der Waals surface area (Å²) in [5, 5.41) is 3.77. The number of benzene rings is 1. The van der Waals surface area contributed by atoms with Crippen molar-refractivity contribution in [2.45, 2.75) is 6.54 Å². The van der Waals surface area contributed by atoms with Gasteiger partial charge in [0.15, 0.2) is 11.5 Å². The first-order chi connectivity index (χ1) is 7.66. The molecule has 2 rings (SSSR count). The maximum absolute atomic E-state index is 5.66. The van der Waals surface area contributed by atoms with Crippen molar-refractivity contribution in [2.75, 3.05) is 13.3 Å². The third kappa shape index (κ3) is 2.70. The quantitative estimate of drug-likeness (QED) is 0.927. The van der Waals surface area contributed by atoms with Crippen LogP contribution in [0.2, 0.25) is 0 Å². The minimum atomic E-state index is 0.281. The van der Waals surface area contributed by atoms with E-state index in [0.717, 1.165) is 21.5 Å². The summed E-state index contributed by atoms with van der Waals surface area (Å²) in [4.78, 5) is 0. The van der Waals surface area contributed by atoms with Crippen LogP contribution in [0, 0.1) is 0 Å². The largest absolute Gasteiger partial charge is 0.454 e. The Bertz CT molecular complexity index is 423. The number of rotatable bonds is 4. The highest BCUT2D eigenvalue weighted by Crippen LogP contribution is 2.39. The first-order valence-electron chi connectivity index (χ1n) is 4.79. The van der Waals surface area contributed by atoms with Crippen molar-refractivity contribution in [3.63, 3.8) is 0 Å². The number of hydrogen-bond acceptors (Lipinski definition) is 3. The molecule has 0 saturated carbocycles. The third-order valence-electron chi connectivity index (χ3n) is 2.13. The first-order valence-corrected chi connectivity index (χ1v) is 5.96. The minimum Gasteiger partial charge on any atom is -0.454 e. The van der Waals surface area contributed by atoms with Gasteiger partial charge in [0.2, 0.25) is 6.79 Å². The van der Waals surface area contributed by atoms with Gasteiger partial charge in [0.1, 0.15) is 0 Å². The molecule has 1 aromatic rings. The number of ether oxygens (including phenoxy) is 2. The monoisotopic (exact) mass is 303 g/mol. The highest BCUT2D eigenvalue weighted by atomic mass is 79.9. The number of nitrogens with one attached hydrogen (secondary N) is 1. The summed E-state index contributed by atoms with van der Waals surface area (Å²) >= 11 is 9.10. The molecule has 0 spiro atoms. The second-order valence-corrected chi connectivity index (χ2v) is 4.82. The van der Waals surface area contributed by atoms with Crippen LogP contribution in [0.4, 0.5) is 0 Å². The lowest BCUT2D eigenvalue weighted by Crippen LogP contribution is -2.14. The molecule has 0 aromatic heterocycles. The molecule has 0 radical (unpaired) electrons. The van der Waals surface area contributed by atoms with Crippen LogP contribution in [-0.2, 0) is 6.54 Å². The zero-order chi connectivity index (χ0) is 11.5. The lowest BCUT2D eigenvalue weighted by molar-refractivity contribution is 0.173. The van der Waals surface area contributed by atoms with Crippen molar-refractivity contribution in [3.8, 4) is 11.5 Å². The van der Waals surface area contributed by atoms with E-state index in [9.17, 15) is 0 Å². The van der Waals surface area contributed by atoms with Gasteiger partial charge < -0.3 is 14.8 Å². The Kier molecular flexibility index (Phi) is 3.74. The second-order valence-electron chi connectivity index (χ2n) is 3.43. The number of halogens is 2. The van der Waals surface area contributed by atoms with Crippen molar-refractivity contribution in [3.05, 3.63) is 33.8 Å². The van der Waals surface area contributed by atoms with Gasteiger partial charge in [-0.1, -0.05) is 18.2 Å². The van der Waals surface area contributed by atoms with Crippen LogP contribution in [0.15, 0.2) is 28.2 Å². The molecule has 1 N–H and O–H groups in total. The van der Waals surface area contributed by atoms with Gasteiger partial charge in [0.05, 0.1) is 4.47 Å². The Balaban J connectivity index is 2.05. The second kappa shape index (κ2) is 5.08. The van der Waals surface area contributed by atoms with Crippen LogP contribution in [-0.4, -0.2) is 13.3 Å². The topological polar surface area (TPSA) is 30.5 Å². The molecule has 0 amide bonds. The van der Waals surface area contributed by atoms with E-state index in [4.69, 9.17) is 21.1 Å². The molecule has 0 saturated heterocycles. The molecule has 5 heteroatoms. The molecule has 1 aliphatic rings. The summed E-state index contributed by atoms with van der Waals surface area (Å²) in [7, 11) is 0. The molecule has 0 unspecified atom stereocenters. The van der Waals surface area contributed by atoms with E-state index in [1.807, 2.05) is 12.1 Å². The molecule has 1 aliphatic heterocycles. The normalized spacial score (nSPS) is 12.9. The lowest BCUT2D eigenvalue weighted by atomic mass is 10.2. The molecular weight excluding hydrogens is 293 g/mol. The van der Waals surface area contributed by atoms with Crippen molar-refractivity contribution in [2.24, 2.45) is 0 Å². The summed E-state index contributed by atoms with van der Waals surface area (Å²) < 4.78 is 11.5. The van der Waals surface area contributed by atoms with Gasteiger partial charge in [-0.3, -0.25) is 0 Å². The Morgan fingerprint density at radius 2 is 2.31 bits per heavy atom. The Hall–Kier alpha value is -0.710. The Morgan fingerprint density at radius 3 is 3.06 bits per heavy atom. The van der Waals surface area contributed by atoms with Gasteiger partial charge >= 0.3 is 0 Å². The van der Waals surface area contributed by atoms with Gasteiger partial charge in [-0.15, -0.1) is 0 Å². The van der Waals surface area contributed by atoms with Crippen LogP contribution in [0.25, 0.3) is 0 Å². The smallest absolute Gasteiger partial charge is 0.231 e. The van der Waals surface area contributed by atoms with Crippen molar-refractivity contribution >= 4 is 27.5 Å². The zero-order valence-electron chi connectivity index (χ0n) is 8.56. The van der Waals surface area contributed by atoms with Crippen molar-refractivity contribution in [1.29, 1.82) is 0 Å². The van der Waals surface area contributed by atoms with Crippen LogP contribution in [0.3, 0.4) is 0 Å². The number of hydrogen-bond donors (Lipinski definition) is 1. The van der Waals surface area contributed by atoms with Gasteiger partial charge in [-0.2, -0.15) is 0 Å². The fourth-order valence-electron chi connectivity index (χ4n) is 1.47. The van der Waals surface area contributed by atoms with E-state index in [2.05, 4.69) is 27.8 Å². The van der Waals surface area contributed by atoms with Crippen LogP contribution in [0.5, 0.6) is 11.5 Å². The maximum Gasteiger partial charge on any atom is 0.231 e. The van der Waals surface area contributed by atoms with E-state index in [0.29, 0.717) is 18.1 Å². The molecule has 0 aliphatic carbocycles. The van der Waals surface area contributed by atoms with Gasteiger partial charge in [0, 0.05) is 18.1 Å². The standard InChI is InChI=1S/C11H11BrClNO2/c1-7(13)4-14-5-8-2-9(12)11-10(3-8)15-6-16-11/h2-3,14H,1,4-6H2. The molecule has 3 nitrogen and oxygen atoms in total. The van der Waals surface area contributed by atoms with Crippen LogP contribution in [0.1, 0.15) is 5.56 Å². The van der Waals surface area contributed by atoms with E-state index in [1.54, 1.807) is 0 Å². The fourth-order valence-corrected chi connectivity index (χ4v) is 2.16. The lowest BCUT2D eigenvalue weighted by Gasteiger charge is -2.06. The molecule has 1 heterocycles. The Morgan fingerprint density at radius 1 is 1.50 bits per heavy atom. The molecule has 0 bridgehead atoms. The van der Waals surface area contributed by atoms with Crippen LogP contribution >= 0.6 is 27.5 Å². The molecule has 16 heavy (non-hydrogen) atoms. The number of fused-ring (bicyclic) bond motifs is 1. The molecule has 0 atom stereocenters. The summed E-state index contributed by atoms with van der Waals surface area (Å²) in [5.41, 5.74) is 1.11. The molecule has 1 aromatic carbocycles. The van der Waals surface area contributed by atoms with E-state index >= 15 is 0 Å². The summed E-state index contributed by atoms with van der Waals surface area (Å²) in [5.74, 6) is 1.54. The SMILES string of the molecule is C=C(Cl)CNCc1cc(Br)c2c(c1)OCO2. The highest BCUT2D eigenvalue weighted by Gasteiger charge is 2.17. The van der Waals surface area contributed by atoms with Gasteiger partial charge in [-0.05, 0) is 33.6 Å². The predicted molar refractivity (Wildman–Crippen MR) is 67.0 cm³/mol. The van der Waals surface area contributed by atoms with Crippen molar-refractivity contribution in [1.82, 2.24) is 5.32 Å².